The maximum absolute atomic E-state index is 5.17. The number of hydrogen-bond acceptors (Lipinski definition) is 6. The normalized spacial score (nSPS) is 17.2. The van der Waals surface area contributed by atoms with Crippen molar-refractivity contribution < 1.29 is 9.47 Å². The molecule has 0 heterocycles. The van der Waals surface area contributed by atoms with Crippen molar-refractivity contribution in [2.24, 2.45) is 10.2 Å². The number of hydrogen-bond donors (Lipinski definition) is 2. The molecule has 0 spiro atoms. The van der Waals surface area contributed by atoms with Crippen molar-refractivity contribution in [3.8, 4) is 11.5 Å². The van der Waals surface area contributed by atoms with E-state index in [-0.39, 0.29) is 0 Å². The zero-order valence-electron chi connectivity index (χ0n) is 15.2. The first-order valence-electron chi connectivity index (χ1n) is 8.72. The molecule has 3 rings (SSSR count). The van der Waals surface area contributed by atoms with Gasteiger partial charge in [0.2, 0.25) is 0 Å². The average Bonchev–Trinajstić information content (AvgIpc) is 2.72. The molecule has 0 radical (unpaired) electrons. The summed E-state index contributed by atoms with van der Waals surface area (Å²) in [4.78, 5) is 0. The molecule has 0 saturated heterocycles. The highest BCUT2D eigenvalue weighted by Crippen LogP contribution is 2.18. The summed E-state index contributed by atoms with van der Waals surface area (Å²) in [7, 11) is 3.31. The Morgan fingerprint density at radius 3 is 1.38 bits per heavy atom. The molecule has 136 valence electrons. The largest absolute Gasteiger partial charge is 0.497 e. The minimum Gasteiger partial charge on any atom is -0.497 e. The molecular weight excluding hydrogens is 328 g/mol. The number of methoxy groups -OCH3 is 2. The number of nitrogens with zero attached hydrogens (tertiary/aromatic N) is 2. The second-order valence-corrected chi connectivity index (χ2v) is 6.00. The zero-order valence-corrected chi connectivity index (χ0v) is 15.2. The van der Waals surface area contributed by atoms with Gasteiger partial charge in [0, 0.05) is 0 Å². The summed E-state index contributed by atoms with van der Waals surface area (Å²) in [6.07, 6.45) is 4.11. The molecule has 1 aliphatic carbocycles. The van der Waals surface area contributed by atoms with Crippen molar-refractivity contribution in [2.75, 3.05) is 25.1 Å². The lowest BCUT2D eigenvalue weighted by Crippen LogP contribution is -2.21. The SMILES string of the molecule is COc1ccc(N/N=C2\CCCC\C2=N/Nc2ccc(OC)cc2)cc1. The van der Waals surface area contributed by atoms with E-state index in [0.717, 1.165) is 60.0 Å². The highest BCUT2D eigenvalue weighted by Gasteiger charge is 2.15. The van der Waals surface area contributed by atoms with Gasteiger partial charge in [0.1, 0.15) is 11.5 Å². The van der Waals surface area contributed by atoms with E-state index in [9.17, 15) is 0 Å². The Balaban J connectivity index is 1.67. The summed E-state index contributed by atoms with van der Waals surface area (Å²) in [6.45, 7) is 0. The summed E-state index contributed by atoms with van der Waals surface area (Å²) < 4.78 is 10.3. The van der Waals surface area contributed by atoms with Crippen LogP contribution >= 0.6 is 0 Å². The van der Waals surface area contributed by atoms with Gasteiger partial charge in [0.05, 0.1) is 37.0 Å². The number of anilines is 2. The standard InChI is InChI=1S/C20H24N4O2/c1-25-17-11-7-15(8-12-17)21-23-19-5-3-4-6-20(19)24-22-16-9-13-18(26-2)14-10-16/h7-14,21-22H,3-6H2,1-2H3/b23-19+,24-20+. The molecule has 0 atom stereocenters. The molecule has 0 unspecified atom stereocenters. The van der Waals surface area contributed by atoms with Gasteiger partial charge in [-0.25, -0.2) is 0 Å². The van der Waals surface area contributed by atoms with Gasteiger partial charge in [-0.15, -0.1) is 0 Å². The van der Waals surface area contributed by atoms with Crippen molar-refractivity contribution in [3.05, 3.63) is 48.5 Å². The van der Waals surface area contributed by atoms with Gasteiger partial charge < -0.3 is 9.47 Å². The van der Waals surface area contributed by atoms with Crippen LogP contribution in [0.2, 0.25) is 0 Å². The Morgan fingerprint density at radius 2 is 1.04 bits per heavy atom. The molecule has 2 aromatic carbocycles. The topological polar surface area (TPSA) is 67.2 Å². The molecule has 0 bridgehead atoms. The fraction of sp³-hybridized carbons (Fsp3) is 0.300. The van der Waals surface area contributed by atoms with Crippen LogP contribution in [0.5, 0.6) is 11.5 Å². The van der Waals surface area contributed by atoms with Crippen molar-refractivity contribution in [1.82, 2.24) is 0 Å². The van der Waals surface area contributed by atoms with E-state index in [1.807, 2.05) is 48.5 Å². The predicted molar refractivity (Wildman–Crippen MR) is 107 cm³/mol. The first kappa shape index (κ1) is 17.8. The molecule has 1 fully saturated rings. The maximum Gasteiger partial charge on any atom is 0.119 e. The second kappa shape index (κ2) is 8.89. The number of rotatable bonds is 6. The molecular formula is C20H24N4O2. The van der Waals surface area contributed by atoms with Gasteiger partial charge in [-0.3, -0.25) is 10.9 Å². The van der Waals surface area contributed by atoms with Crippen molar-refractivity contribution in [2.45, 2.75) is 25.7 Å². The Bertz CT molecular complexity index is 700. The molecule has 6 nitrogen and oxygen atoms in total. The van der Waals surface area contributed by atoms with Gasteiger partial charge in [0.25, 0.3) is 0 Å². The molecule has 1 aliphatic rings. The van der Waals surface area contributed by atoms with Crippen LogP contribution in [-0.2, 0) is 0 Å². The highest BCUT2D eigenvalue weighted by molar-refractivity contribution is 6.43. The lowest BCUT2D eigenvalue weighted by molar-refractivity contribution is 0.415. The monoisotopic (exact) mass is 352 g/mol. The van der Waals surface area contributed by atoms with Crippen LogP contribution in [-0.4, -0.2) is 25.6 Å². The number of benzene rings is 2. The molecule has 0 aliphatic heterocycles. The third-order valence-electron chi connectivity index (χ3n) is 4.23. The van der Waals surface area contributed by atoms with Gasteiger partial charge in [0.15, 0.2) is 0 Å². The highest BCUT2D eigenvalue weighted by atomic mass is 16.5. The smallest absolute Gasteiger partial charge is 0.119 e. The molecule has 2 N–H and O–H groups in total. The number of hydrazone groups is 2. The minimum absolute atomic E-state index is 0.826. The Morgan fingerprint density at radius 1 is 0.654 bits per heavy atom. The quantitative estimate of drug-likeness (QED) is 0.751. The van der Waals surface area contributed by atoms with Crippen LogP contribution < -0.4 is 20.3 Å². The second-order valence-electron chi connectivity index (χ2n) is 6.00. The van der Waals surface area contributed by atoms with Crippen LogP contribution in [0.1, 0.15) is 25.7 Å². The maximum atomic E-state index is 5.17. The summed E-state index contributed by atoms with van der Waals surface area (Å²) in [5, 5.41) is 9.13. The summed E-state index contributed by atoms with van der Waals surface area (Å²) in [5.74, 6) is 1.65. The van der Waals surface area contributed by atoms with Crippen LogP contribution in [0.15, 0.2) is 58.7 Å². The predicted octanol–water partition coefficient (Wildman–Crippen LogP) is 4.51. The molecule has 6 heteroatoms. The average molecular weight is 352 g/mol. The van der Waals surface area contributed by atoms with Gasteiger partial charge >= 0.3 is 0 Å². The zero-order chi connectivity index (χ0) is 18.2. The summed E-state index contributed by atoms with van der Waals surface area (Å²) >= 11 is 0. The molecule has 26 heavy (non-hydrogen) atoms. The number of ether oxygens (including phenoxy) is 2. The van der Waals surface area contributed by atoms with Gasteiger partial charge in [-0.2, -0.15) is 10.2 Å². The molecule has 0 aromatic heterocycles. The molecule has 1 saturated carbocycles. The first-order chi connectivity index (χ1) is 12.8. The van der Waals surface area contributed by atoms with E-state index in [1.165, 1.54) is 0 Å². The molecule has 2 aromatic rings. The van der Waals surface area contributed by atoms with Gasteiger partial charge in [-0.05, 0) is 74.2 Å². The Labute approximate surface area is 153 Å². The third kappa shape index (κ3) is 4.75. The minimum atomic E-state index is 0.826. The first-order valence-corrected chi connectivity index (χ1v) is 8.72. The van der Waals surface area contributed by atoms with E-state index >= 15 is 0 Å². The van der Waals surface area contributed by atoms with Crippen molar-refractivity contribution in [3.63, 3.8) is 0 Å². The van der Waals surface area contributed by atoms with E-state index < -0.39 is 0 Å². The fourth-order valence-corrected chi connectivity index (χ4v) is 2.71. The van der Waals surface area contributed by atoms with Crippen molar-refractivity contribution in [1.29, 1.82) is 0 Å². The lowest BCUT2D eigenvalue weighted by Gasteiger charge is -2.16. The Kier molecular flexibility index (Phi) is 6.09. The molecule has 0 amide bonds. The Hall–Kier alpha value is -3.02. The van der Waals surface area contributed by atoms with Crippen molar-refractivity contribution >= 4 is 22.8 Å². The van der Waals surface area contributed by atoms with Crippen LogP contribution in [0.4, 0.5) is 11.4 Å². The van der Waals surface area contributed by atoms with E-state index in [4.69, 9.17) is 9.47 Å². The van der Waals surface area contributed by atoms with Crippen LogP contribution in [0.3, 0.4) is 0 Å². The van der Waals surface area contributed by atoms with Crippen LogP contribution in [0.25, 0.3) is 0 Å². The van der Waals surface area contributed by atoms with Crippen LogP contribution in [0, 0.1) is 0 Å². The summed E-state index contributed by atoms with van der Waals surface area (Å²) in [5.41, 5.74) is 10.1. The fourth-order valence-electron chi connectivity index (χ4n) is 2.71. The summed E-state index contributed by atoms with van der Waals surface area (Å²) in [6, 6.07) is 15.4. The van der Waals surface area contributed by atoms with Gasteiger partial charge in [-0.1, -0.05) is 0 Å². The van der Waals surface area contributed by atoms with E-state index in [0.29, 0.717) is 0 Å². The van der Waals surface area contributed by atoms with E-state index in [2.05, 4.69) is 21.1 Å². The lowest BCUT2D eigenvalue weighted by atomic mass is 9.96. The van der Waals surface area contributed by atoms with E-state index in [1.54, 1.807) is 14.2 Å². The third-order valence-corrected chi connectivity index (χ3v) is 4.23. The number of nitrogens with one attached hydrogen (secondary N) is 2.